The molecule has 4 rings (SSSR count). The summed E-state index contributed by atoms with van der Waals surface area (Å²) in [5.41, 5.74) is 15.0. The van der Waals surface area contributed by atoms with Gasteiger partial charge in [0.05, 0.1) is 28.3 Å². The van der Waals surface area contributed by atoms with Gasteiger partial charge in [0.1, 0.15) is 11.5 Å². The van der Waals surface area contributed by atoms with Crippen LogP contribution in [-0.4, -0.2) is 30.7 Å². The molecule has 4 aromatic rings. The monoisotopic (exact) mass is 457 g/mol. The average Bonchev–Trinajstić information content (AvgIpc) is 3.28. The van der Waals surface area contributed by atoms with E-state index in [9.17, 15) is 18.0 Å². The number of anilines is 2. The minimum Gasteiger partial charge on any atom is -0.397 e. The van der Waals surface area contributed by atoms with E-state index in [1.165, 1.54) is 35.9 Å². The number of hydrogen-bond acceptors (Lipinski definition) is 9. The van der Waals surface area contributed by atoms with Crippen LogP contribution in [0.25, 0.3) is 22.6 Å². The molecule has 0 saturated heterocycles. The van der Waals surface area contributed by atoms with Gasteiger partial charge in [-0.05, 0) is 23.8 Å². The number of nitrogen functional groups attached to an aromatic ring is 2. The predicted molar refractivity (Wildman–Crippen MR) is 112 cm³/mol. The number of alkyl halides is 3. The molecular formula is C20H14F3N7OS. The predicted octanol–water partition coefficient (Wildman–Crippen LogP) is 3.67. The van der Waals surface area contributed by atoms with Crippen LogP contribution in [0.15, 0.2) is 47.5 Å². The Balaban J connectivity index is 1.70. The zero-order valence-electron chi connectivity index (χ0n) is 16.2. The molecule has 4 N–H and O–H groups in total. The van der Waals surface area contributed by atoms with Crippen LogP contribution in [0.5, 0.6) is 0 Å². The van der Waals surface area contributed by atoms with Crippen molar-refractivity contribution in [1.29, 1.82) is 0 Å². The number of pyridine rings is 2. The van der Waals surface area contributed by atoms with Crippen molar-refractivity contribution in [2.24, 2.45) is 0 Å². The van der Waals surface area contributed by atoms with Crippen LogP contribution in [0, 0.1) is 0 Å². The average molecular weight is 457 g/mol. The summed E-state index contributed by atoms with van der Waals surface area (Å²) in [7, 11) is 0. The van der Waals surface area contributed by atoms with Gasteiger partial charge in [-0.2, -0.15) is 13.2 Å². The first-order chi connectivity index (χ1) is 15.2. The number of carbonyl (C=O) groups excluding carboxylic acids is 1. The highest BCUT2D eigenvalue weighted by Crippen LogP contribution is 2.31. The quantitative estimate of drug-likeness (QED) is 0.434. The Bertz CT molecular complexity index is 1290. The molecule has 0 aromatic carbocycles. The number of carbonyl (C=O) groups is 1. The van der Waals surface area contributed by atoms with Crippen molar-refractivity contribution in [3.8, 4) is 22.6 Å². The normalized spacial score (nSPS) is 11.5. The Morgan fingerprint density at radius 1 is 1.03 bits per heavy atom. The van der Waals surface area contributed by atoms with E-state index in [2.05, 4.69) is 24.9 Å². The summed E-state index contributed by atoms with van der Waals surface area (Å²) >= 11 is 1.38. The molecule has 12 heteroatoms. The van der Waals surface area contributed by atoms with E-state index in [-0.39, 0.29) is 34.9 Å². The summed E-state index contributed by atoms with van der Waals surface area (Å²) in [4.78, 5) is 32.3. The molecule has 4 aromatic heterocycles. The topological polar surface area (TPSA) is 134 Å². The number of rotatable bonds is 5. The van der Waals surface area contributed by atoms with Crippen molar-refractivity contribution >= 4 is 28.6 Å². The smallest absolute Gasteiger partial charge is 0.397 e. The third kappa shape index (κ3) is 4.39. The lowest BCUT2D eigenvalue weighted by molar-refractivity contribution is -0.144. The highest BCUT2D eigenvalue weighted by atomic mass is 32.1. The Morgan fingerprint density at radius 3 is 2.56 bits per heavy atom. The van der Waals surface area contributed by atoms with Crippen molar-refractivity contribution in [2.75, 3.05) is 11.5 Å². The minimum atomic E-state index is -4.78. The van der Waals surface area contributed by atoms with Gasteiger partial charge < -0.3 is 11.5 Å². The van der Waals surface area contributed by atoms with E-state index in [1.54, 1.807) is 23.0 Å². The first kappa shape index (κ1) is 21.3. The Hall–Kier alpha value is -3.93. The third-order valence-corrected chi connectivity index (χ3v) is 5.00. The molecule has 32 heavy (non-hydrogen) atoms. The van der Waals surface area contributed by atoms with Gasteiger partial charge >= 0.3 is 6.18 Å². The van der Waals surface area contributed by atoms with Crippen molar-refractivity contribution in [3.63, 3.8) is 0 Å². The number of nitrogens with two attached hydrogens (primary N) is 2. The first-order valence-electron chi connectivity index (χ1n) is 9.05. The van der Waals surface area contributed by atoms with Crippen LogP contribution in [0.3, 0.4) is 0 Å². The summed E-state index contributed by atoms with van der Waals surface area (Å²) in [6.07, 6.45) is -2.24. The van der Waals surface area contributed by atoms with Crippen LogP contribution < -0.4 is 11.5 Å². The number of aromatic nitrogens is 5. The molecule has 0 aliphatic carbocycles. The molecule has 0 bridgehead atoms. The highest BCUT2D eigenvalue weighted by Gasteiger charge is 2.35. The SMILES string of the molecule is Nc1cc(-c2ccncc2CC(=O)c2nc(-c3cscn3)ccc2N)nc(C(F)(F)F)n1. The Kier molecular flexibility index (Phi) is 5.53. The molecule has 0 aliphatic rings. The molecule has 0 spiro atoms. The lowest BCUT2D eigenvalue weighted by Gasteiger charge is -2.12. The number of Topliss-reactive ketones (excluding diaryl/α,β-unsaturated/α-hetero) is 1. The second kappa shape index (κ2) is 8.30. The summed E-state index contributed by atoms with van der Waals surface area (Å²) < 4.78 is 39.4. The first-order valence-corrected chi connectivity index (χ1v) is 10.00. The van der Waals surface area contributed by atoms with E-state index >= 15 is 0 Å². The number of hydrogen-bond donors (Lipinski definition) is 2. The maximum atomic E-state index is 13.1. The zero-order chi connectivity index (χ0) is 22.9. The number of halogens is 3. The standard InChI is InChI=1S/C20H14F3N7OS/c21-20(22,23)19-29-14(6-17(25)30-19)11-3-4-26-7-10(11)5-16(31)18-12(24)1-2-13(28-18)15-8-32-9-27-15/h1-4,6-9H,5,24H2,(H2,25,29,30). The van der Waals surface area contributed by atoms with Gasteiger partial charge in [-0.3, -0.25) is 9.78 Å². The molecular weight excluding hydrogens is 443 g/mol. The zero-order valence-corrected chi connectivity index (χ0v) is 17.0. The molecule has 162 valence electrons. The maximum absolute atomic E-state index is 13.1. The molecule has 0 atom stereocenters. The molecule has 8 nitrogen and oxygen atoms in total. The third-order valence-electron chi connectivity index (χ3n) is 4.42. The van der Waals surface area contributed by atoms with Crippen LogP contribution >= 0.6 is 11.3 Å². The van der Waals surface area contributed by atoms with Crippen molar-refractivity contribution in [3.05, 3.63) is 64.6 Å². The molecule has 0 aliphatic heterocycles. The summed E-state index contributed by atoms with van der Waals surface area (Å²) in [6.45, 7) is 0. The van der Waals surface area contributed by atoms with Gasteiger partial charge in [0.25, 0.3) is 0 Å². The van der Waals surface area contributed by atoms with E-state index in [0.29, 0.717) is 17.0 Å². The molecule has 0 fully saturated rings. The molecule has 0 amide bonds. The van der Waals surface area contributed by atoms with Crippen LogP contribution in [0.2, 0.25) is 0 Å². The maximum Gasteiger partial charge on any atom is 0.451 e. The fraction of sp³-hybridized carbons (Fsp3) is 0.100. The molecule has 0 unspecified atom stereocenters. The van der Waals surface area contributed by atoms with Gasteiger partial charge in [-0.15, -0.1) is 11.3 Å². The Morgan fingerprint density at radius 2 is 1.84 bits per heavy atom. The lowest BCUT2D eigenvalue weighted by Crippen LogP contribution is -2.14. The summed E-state index contributed by atoms with van der Waals surface area (Å²) in [5, 5.41) is 1.78. The fourth-order valence-electron chi connectivity index (χ4n) is 2.98. The molecule has 4 heterocycles. The van der Waals surface area contributed by atoms with Crippen molar-refractivity contribution in [1.82, 2.24) is 24.9 Å². The van der Waals surface area contributed by atoms with Gasteiger partial charge in [-0.1, -0.05) is 0 Å². The molecule has 0 saturated carbocycles. The van der Waals surface area contributed by atoms with Crippen LogP contribution in [-0.2, 0) is 12.6 Å². The van der Waals surface area contributed by atoms with E-state index < -0.39 is 17.8 Å². The van der Waals surface area contributed by atoms with Crippen molar-refractivity contribution in [2.45, 2.75) is 12.6 Å². The summed E-state index contributed by atoms with van der Waals surface area (Å²) in [5.74, 6) is -2.16. The van der Waals surface area contributed by atoms with E-state index in [4.69, 9.17) is 11.5 Å². The highest BCUT2D eigenvalue weighted by molar-refractivity contribution is 7.07. The Labute approximate surface area is 183 Å². The molecule has 0 radical (unpaired) electrons. The van der Waals surface area contributed by atoms with Gasteiger partial charge in [0.15, 0.2) is 5.78 Å². The minimum absolute atomic E-state index is 0.0310. The summed E-state index contributed by atoms with van der Waals surface area (Å²) in [6, 6.07) is 5.86. The van der Waals surface area contributed by atoms with Crippen molar-refractivity contribution < 1.29 is 18.0 Å². The van der Waals surface area contributed by atoms with Crippen LogP contribution in [0.1, 0.15) is 21.9 Å². The second-order valence-electron chi connectivity index (χ2n) is 6.64. The van der Waals surface area contributed by atoms with E-state index in [1.807, 2.05) is 0 Å². The van der Waals surface area contributed by atoms with Gasteiger partial charge in [0, 0.05) is 35.8 Å². The number of thiazole rings is 1. The number of nitrogens with zero attached hydrogens (tertiary/aromatic N) is 5. The number of ketones is 1. The van der Waals surface area contributed by atoms with E-state index in [0.717, 1.165) is 0 Å². The largest absolute Gasteiger partial charge is 0.451 e. The van der Waals surface area contributed by atoms with Gasteiger partial charge in [-0.25, -0.2) is 19.9 Å². The fourth-order valence-corrected chi connectivity index (χ4v) is 3.53. The van der Waals surface area contributed by atoms with Gasteiger partial charge in [0.2, 0.25) is 5.82 Å². The van der Waals surface area contributed by atoms with Crippen LogP contribution in [0.4, 0.5) is 24.7 Å². The second-order valence-corrected chi connectivity index (χ2v) is 7.36. The lowest BCUT2D eigenvalue weighted by atomic mass is 10.00.